The molecule has 3 nitrogen and oxygen atoms in total. The molecule has 6 rings (SSSR count). The molecule has 2 aliphatic rings. The molecule has 0 aromatic heterocycles. The molecule has 2 heterocycles. The van der Waals surface area contributed by atoms with Gasteiger partial charge in [0.25, 0.3) is 5.91 Å². The maximum atomic E-state index is 14.5. The third-order valence-electron chi connectivity index (χ3n) is 8.02. The number of amides is 1. The molecular formula is C32H31FN2O. The van der Waals surface area contributed by atoms with Crippen molar-refractivity contribution in [3.63, 3.8) is 0 Å². The average Bonchev–Trinajstić information content (AvgIpc) is 3.17. The van der Waals surface area contributed by atoms with Crippen molar-refractivity contribution in [1.82, 2.24) is 4.90 Å². The van der Waals surface area contributed by atoms with Crippen LogP contribution in [0.3, 0.4) is 0 Å². The van der Waals surface area contributed by atoms with Crippen LogP contribution < -0.4 is 4.90 Å². The highest BCUT2D eigenvalue weighted by molar-refractivity contribution is 6.09. The first-order chi connectivity index (χ1) is 17.4. The summed E-state index contributed by atoms with van der Waals surface area (Å²) in [6.45, 7) is 7.69. The largest absolute Gasteiger partial charge is 0.307 e. The Bertz CT molecular complexity index is 1450. The van der Waals surface area contributed by atoms with Crippen molar-refractivity contribution in [2.75, 3.05) is 24.5 Å². The number of nitrogens with zero attached hydrogens (tertiary/aromatic N) is 2. The van der Waals surface area contributed by atoms with Gasteiger partial charge >= 0.3 is 0 Å². The number of fused-ring (bicyclic) bond motifs is 3. The lowest BCUT2D eigenvalue weighted by molar-refractivity contribution is 0.0975. The standard InChI is InChI=1S/C32H31FN2O/c1-22-15-23(2)17-24(16-22)20-34-13-11-32(12-14-34)21-35(30-10-9-28(33)19-29(30)32)31(36)27-8-7-25-5-3-4-6-26(25)18-27/h3-10,15-19H,11-14,20-21H2,1-2H3. The van der Waals surface area contributed by atoms with E-state index in [4.69, 9.17) is 0 Å². The van der Waals surface area contributed by atoms with Crippen LogP contribution in [0.25, 0.3) is 10.8 Å². The first-order valence-corrected chi connectivity index (χ1v) is 12.8. The summed E-state index contributed by atoms with van der Waals surface area (Å²) < 4.78 is 14.5. The van der Waals surface area contributed by atoms with Gasteiger partial charge in [-0.1, -0.05) is 59.7 Å². The Kier molecular flexibility index (Phi) is 5.65. The van der Waals surface area contributed by atoms with Crippen LogP contribution >= 0.6 is 0 Å². The van der Waals surface area contributed by atoms with Gasteiger partial charge in [-0.05, 0) is 92.0 Å². The summed E-state index contributed by atoms with van der Waals surface area (Å²) in [5, 5.41) is 2.17. The van der Waals surface area contributed by atoms with Crippen LogP contribution in [0, 0.1) is 19.7 Å². The quantitative estimate of drug-likeness (QED) is 0.324. The Balaban J connectivity index is 1.26. The molecule has 0 unspecified atom stereocenters. The van der Waals surface area contributed by atoms with Crippen molar-refractivity contribution >= 4 is 22.4 Å². The Hall–Kier alpha value is -3.50. The second kappa shape index (κ2) is 8.86. The van der Waals surface area contributed by atoms with Gasteiger partial charge in [-0.15, -0.1) is 0 Å². The molecule has 0 atom stereocenters. The molecule has 1 spiro atoms. The molecule has 0 N–H and O–H groups in total. The molecular weight excluding hydrogens is 447 g/mol. The van der Waals surface area contributed by atoms with Crippen molar-refractivity contribution in [2.24, 2.45) is 0 Å². The van der Waals surface area contributed by atoms with E-state index < -0.39 is 0 Å². The van der Waals surface area contributed by atoms with E-state index in [0.717, 1.165) is 54.5 Å². The number of likely N-dealkylation sites (tertiary alicyclic amines) is 1. The van der Waals surface area contributed by atoms with Gasteiger partial charge in [-0.25, -0.2) is 4.39 Å². The van der Waals surface area contributed by atoms with Crippen LogP contribution in [-0.2, 0) is 12.0 Å². The number of hydrogen-bond donors (Lipinski definition) is 0. The summed E-state index contributed by atoms with van der Waals surface area (Å²) in [5.74, 6) is -0.242. The van der Waals surface area contributed by atoms with Crippen LogP contribution in [0.4, 0.5) is 10.1 Å². The number of halogens is 1. The highest BCUT2D eigenvalue weighted by Gasteiger charge is 2.46. The molecule has 0 aliphatic carbocycles. The lowest BCUT2D eigenvalue weighted by Gasteiger charge is -2.40. The highest BCUT2D eigenvalue weighted by atomic mass is 19.1. The van der Waals surface area contributed by atoms with E-state index in [0.29, 0.717) is 12.1 Å². The first kappa shape index (κ1) is 22.9. The van der Waals surface area contributed by atoms with Crippen molar-refractivity contribution in [3.8, 4) is 0 Å². The molecule has 4 aromatic carbocycles. The Labute approximate surface area is 212 Å². The first-order valence-electron chi connectivity index (χ1n) is 12.8. The second-order valence-corrected chi connectivity index (χ2v) is 10.7. The molecule has 0 bridgehead atoms. The van der Waals surface area contributed by atoms with E-state index in [1.54, 1.807) is 12.1 Å². The van der Waals surface area contributed by atoms with Gasteiger partial charge in [0.15, 0.2) is 0 Å². The van der Waals surface area contributed by atoms with Crippen LogP contribution in [0.5, 0.6) is 0 Å². The zero-order valence-electron chi connectivity index (χ0n) is 20.9. The molecule has 0 saturated carbocycles. The minimum absolute atomic E-state index is 0.0110. The van der Waals surface area contributed by atoms with E-state index in [1.807, 2.05) is 41.3 Å². The third-order valence-corrected chi connectivity index (χ3v) is 8.02. The minimum atomic E-state index is -0.231. The van der Waals surface area contributed by atoms with Gasteiger partial charge in [0.05, 0.1) is 0 Å². The van der Waals surface area contributed by atoms with E-state index in [9.17, 15) is 9.18 Å². The predicted molar refractivity (Wildman–Crippen MR) is 144 cm³/mol. The summed E-state index contributed by atoms with van der Waals surface area (Å²) >= 11 is 0. The molecule has 1 saturated heterocycles. The maximum Gasteiger partial charge on any atom is 0.258 e. The molecule has 4 heteroatoms. The van der Waals surface area contributed by atoms with Crippen molar-refractivity contribution < 1.29 is 9.18 Å². The number of carbonyl (C=O) groups excluding carboxylic acids is 1. The molecule has 36 heavy (non-hydrogen) atoms. The Morgan fingerprint density at radius 1 is 0.861 bits per heavy atom. The summed E-state index contributed by atoms with van der Waals surface area (Å²) in [6, 6.07) is 25.6. The summed E-state index contributed by atoms with van der Waals surface area (Å²) in [6.07, 6.45) is 1.82. The summed E-state index contributed by atoms with van der Waals surface area (Å²) in [5.41, 5.74) is 6.24. The number of benzene rings is 4. The van der Waals surface area contributed by atoms with Gasteiger partial charge < -0.3 is 4.90 Å². The van der Waals surface area contributed by atoms with Gasteiger partial charge in [-0.3, -0.25) is 9.69 Å². The van der Waals surface area contributed by atoms with Crippen LogP contribution in [0.2, 0.25) is 0 Å². The number of hydrogen-bond acceptors (Lipinski definition) is 2. The van der Waals surface area contributed by atoms with Crippen LogP contribution in [-0.4, -0.2) is 30.4 Å². The zero-order chi connectivity index (χ0) is 24.9. The fraction of sp³-hybridized carbons (Fsp3) is 0.281. The fourth-order valence-corrected chi connectivity index (χ4v) is 6.29. The predicted octanol–water partition coefficient (Wildman–Crippen LogP) is 6.79. The lowest BCUT2D eigenvalue weighted by Crippen LogP contribution is -2.45. The number of carbonyl (C=O) groups is 1. The van der Waals surface area contributed by atoms with E-state index in [-0.39, 0.29) is 17.1 Å². The second-order valence-electron chi connectivity index (χ2n) is 10.7. The topological polar surface area (TPSA) is 23.6 Å². The smallest absolute Gasteiger partial charge is 0.258 e. The van der Waals surface area contributed by atoms with Crippen molar-refractivity contribution in [2.45, 2.75) is 38.6 Å². The highest BCUT2D eigenvalue weighted by Crippen LogP contribution is 2.48. The number of rotatable bonds is 3. The number of anilines is 1. The summed E-state index contributed by atoms with van der Waals surface area (Å²) in [4.78, 5) is 18.1. The minimum Gasteiger partial charge on any atom is -0.307 e. The van der Waals surface area contributed by atoms with Crippen LogP contribution in [0.15, 0.2) is 78.9 Å². The third kappa shape index (κ3) is 4.10. The monoisotopic (exact) mass is 478 g/mol. The molecule has 4 aromatic rings. The van der Waals surface area contributed by atoms with Crippen molar-refractivity contribution in [3.05, 3.63) is 112 Å². The SMILES string of the molecule is Cc1cc(C)cc(CN2CCC3(CC2)CN(C(=O)c2ccc4ccccc4c2)c2ccc(F)cc23)c1. The summed E-state index contributed by atoms with van der Waals surface area (Å²) in [7, 11) is 0. The van der Waals surface area contributed by atoms with Gasteiger partial charge in [0.2, 0.25) is 0 Å². The molecule has 2 aliphatic heterocycles. The maximum absolute atomic E-state index is 14.5. The Morgan fingerprint density at radius 3 is 2.33 bits per heavy atom. The van der Waals surface area contributed by atoms with Gasteiger partial charge in [-0.2, -0.15) is 0 Å². The van der Waals surface area contributed by atoms with Crippen LogP contribution in [0.1, 0.15) is 45.5 Å². The fourth-order valence-electron chi connectivity index (χ4n) is 6.29. The average molecular weight is 479 g/mol. The van der Waals surface area contributed by atoms with E-state index in [1.165, 1.54) is 22.8 Å². The molecule has 1 amide bonds. The lowest BCUT2D eigenvalue weighted by atomic mass is 9.74. The van der Waals surface area contributed by atoms with E-state index >= 15 is 0 Å². The molecule has 0 radical (unpaired) electrons. The van der Waals surface area contributed by atoms with Gasteiger partial charge in [0, 0.05) is 29.8 Å². The molecule has 1 fully saturated rings. The Morgan fingerprint density at radius 2 is 1.58 bits per heavy atom. The van der Waals surface area contributed by atoms with Crippen molar-refractivity contribution in [1.29, 1.82) is 0 Å². The normalized spacial score (nSPS) is 17.0. The number of aryl methyl sites for hydroxylation is 2. The van der Waals surface area contributed by atoms with Gasteiger partial charge in [0.1, 0.15) is 5.82 Å². The van der Waals surface area contributed by atoms with E-state index in [2.05, 4.69) is 43.0 Å². The number of piperidine rings is 1. The zero-order valence-corrected chi connectivity index (χ0v) is 20.9. The molecule has 182 valence electrons.